The van der Waals surface area contributed by atoms with E-state index in [0.717, 1.165) is 18.2 Å². The Bertz CT molecular complexity index is 388. The zero-order valence-electron chi connectivity index (χ0n) is 11.8. The topological polar surface area (TPSA) is 3.24 Å². The molecule has 100 valence electrons. The van der Waals surface area contributed by atoms with Crippen molar-refractivity contribution in [2.45, 2.75) is 27.2 Å². The smallest absolute Gasteiger partial charge is 0.0399 e. The molecule has 0 saturated carbocycles. The molecular weight excluding hydrogens is 238 g/mol. The lowest BCUT2D eigenvalue weighted by molar-refractivity contribution is 0.405. The van der Waals surface area contributed by atoms with Crippen LogP contribution in [-0.4, -0.2) is 18.8 Å². The van der Waals surface area contributed by atoms with E-state index in [9.17, 15) is 0 Å². The van der Waals surface area contributed by atoms with Gasteiger partial charge in [0.1, 0.15) is 0 Å². The second kappa shape index (κ2) is 6.01. The molecule has 1 aromatic rings. The molecular formula is C16H25NS. The SMILES string of the molecule is CC1Cc2ccccc2N(CC(CS)C(C)C)C1. The molecule has 0 radical (unpaired) electrons. The predicted octanol–water partition coefficient (Wildman–Crippen LogP) is 3.89. The summed E-state index contributed by atoms with van der Waals surface area (Å²) in [5.74, 6) is 3.11. The predicted molar refractivity (Wildman–Crippen MR) is 83.7 cm³/mol. The molecule has 0 N–H and O–H groups in total. The van der Waals surface area contributed by atoms with Gasteiger partial charge in [0.25, 0.3) is 0 Å². The van der Waals surface area contributed by atoms with Crippen LogP contribution in [0.25, 0.3) is 0 Å². The molecule has 1 nitrogen and oxygen atoms in total. The number of rotatable bonds is 4. The van der Waals surface area contributed by atoms with Gasteiger partial charge in [0.15, 0.2) is 0 Å². The molecule has 0 saturated heterocycles. The monoisotopic (exact) mass is 263 g/mol. The first-order valence-electron chi connectivity index (χ1n) is 7.05. The third-order valence-corrected chi connectivity index (χ3v) is 4.53. The Hall–Kier alpha value is -0.630. The van der Waals surface area contributed by atoms with Gasteiger partial charge in [-0.3, -0.25) is 0 Å². The molecule has 2 unspecified atom stereocenters. The normalized spacial score (nSPS) is 20.9. The third-order valence-electron chi connectivity index (χ3n) is 4.06. The van der Waals surface area contributed by atoms with Gasteiger partial charge in [0.2, 0.25) is 0 Å². The van der Waals surface area contributed by atoms with Gasteiger partial charge in [-0.05, 0) is 41.6 Å². The maximum absolute atomic E-state index is 4.52. The van der Waals surface area contributed by atoms with Gasteiger partial charge in [0, 0.05) is 18.8 Å². The maximum Gasteiger partial charge on any atom is 0.0399 e. The van der Waals surface area contributed by atoms with Crippen LogP contribution in [0.4, 0.5) is 5.69 Å². The Kier molecular flexibility index (Phi) is 4.60. The molecule has 0 spiro atoms. The van der Waals surface area contributed by atoms with Crippen molar-refractivity contribution >= 4 is 18.3 Å². The van der Waals surface area contributed by atoms with E-state index in [1.54, 1.807) is 0 Å². The highest BCUT2D eigenvalue weighted by atomic mass is 32.1. The van der Waals surface area contributed by atoms with Crippen LogP contribution in [0.1, 0.15) is 26.3 Å². The van der Waals surface area contributed by atoms with E-state index < -0.39 is 0 Å². The number of hydrogen-bond donors (Lipinski definition) is 1. The Morgan fingerprint density at radius 2 is 2.06 bits per heavy atom. The van der Waals surface area contributed by atoms with Crippen LogP contribution in [0, 0.1) is 17.8 Å². The number of nitrogens with zero attached hydrogens (tertiary/aromatic N) is 1. The molecule has 1 aliphatic rings. The summed E-state index contributed by atoms with van der Waals surface area (Å²) in [4.78, 5) is 2.57. The zero-order chi connectivity index (χ0) is 13.1. The summed E-state index contributed by atoms with van der Waals surface area (Å²) in [6.07, 6.45) is 1.22. The van der Waals surface area contributed by atoms with Gasteiger partial charge in [-0.15, -0.1) is 0 Å². The molecule has 0 amide bonds. The largest absolute Gasteiger partial charge is 0.371 e. The fourth-order valence-corrected chi connectivity index (χ4v) is 3.38. The van der Waals surface area contributed by atoms with E-state index in [1.165, 1.54) is 24.2 Å². The summed E-state index contributed by atoms with van der Waals surface area (Å²) in [7, 11) is 0. The average molecular weight is 263 g/mol. The van der Waals surface area contributed by atoms with Crippen molar-refractivity contribution < 1.29 is 0 Å². The molecule has 2 rings (SSSR count). The Balaban J connectivity index is 2.18. The summed E-state index contributed by atoms with van der Waals surface area (Å²) >= 11 is 4.52. The lowest BCUT2D eigenvalue weighted by atomic mass is 9.91. The van der Waals surface area contributed by atoms with Crippen LogP contribution in [0.5, 0.6) is 0 Å². The van der Waals surface area contributed by atoms with Gasteiger partial charge in [-0.2, -0.15) is 12.6 Å². The van der Waals surface area contributed by atoms with Crippen molar-refractivity contribution in [3.05, 3.63) is 29.8 Å². The third kappa shape index (κ3) is 3.03. The summed E-state index contributed by atoms with van der Waals surface area (Å²) in [5.41, 5.74) is 2.96. The van der Waals surface area contributed by atoms with Crippen molar-refractivity contribution in [3.63, 3.8) is 0 Å². The first-order chi connectivity index (χ1) is 8.61. The van der Waals surface area contributed by atoms with Crippen LogP contribution in [0.2, 0.25) is 0 Å². The van der Waals surface area contributed by atoms with Crippen LogP contribution in [-0.2, 0) is 6.42 Å². The van der Waals surface area contributed by atoms with Crippen molar-refractivity contribution in [1.29, 1.82) is 0 Å². The lowest BCUT2D eigenvalue weighted by Gasteiger charge is -2.37. The van der Waals surface area contributed by atoms with E-state index in [1.807, 2.05) is 0 Å². The first-order valence-corrected chi connectivity index (χ1v) is 7.68. The first kappa shape index (κ1) is 13.8. The molecule has 1 aliphatic heterocycles. The molecule has 1 aromatic carbocycles. The molecule has 0 aliphatic carbocycles. The molecule has 2 atom stereocenters. The van der Waals surface area contributed by atoms with Crippen molar-refractivity contribution in [3.8, 4) is 0 Å². The minimum Gasteiger partial charge on any atom is -0.371 e. The highest BCUT2D eigenvalue weighted by Crippen LogP contribution is 2.30. The lowest BCUT2D eigenvalue weighted by Crippen LogP contribution is -2.39. The average Bonchev–Trinajstić information content (AvgIpc) is 2.35. The van der Waals surface area contributed by atoms with Gasteiger partial charge < -0.3 is 4.90 Å². The molecule has 1 heterocycles. The molecule has 0 aromatic heterocycles. The van der Waals surface area contributed by atoms with Gasteiger partial charge in [0.05, 0.1) is 0 Å². The standard InChI is InChI=1S/C16H25NS/c1-12(2)15(11-18)10-17-9-13(3)8-14-6-4-5-7-16(14)17/h4-7,12-13,15,18H,8-11H2,1-3H3. The van der Waals surface area contributed by atoms with Crippen LogP contribution in [0.3, 0.4) is 0 Å². The second-order valence-corrected chi connectivity index (χ2v) is 6.39. The number of hydrogen-bond acceptors (Lipinski definition) is 2. The molecule has 0 bridgehead atoms. The zero-order valence-corrected chi connectivity index (χ0v) is 12.7. The number of benzene rings is 1. The fraction of sp³-hybridized carbons (Fsp3) is 0.625. The maximum atomic E-state index is 4.52. The van der Waals surface area contributed by atoms with Crippen molar-refractivity contribution in [1.82, 2.24) is 0 Å². The summed E-state index contributed by atoms with van der Waals surface area (Å²) in [6.45, 7) is 9.30. The van der Waals surface area contributed by atoms with E-state index in [0.29, 0.717) is 11.8 Å². The number of fused-ring (bicyclic) bond motifs is 1. The van der Waals surface area contributed by atoms with E-state index in [4.69, 9.17) is 0 Å². The highest BCUT2D eigenvalue weighted by Gasteiger charge is 2.24. The fourth-order valence-electron chi connectivity index (χ4n) is 2.84. The highest BCUT2D eigenvalue weighted by molar-refractivity contribution is 7.80. The van der Waals surface area contributed by atoms with Crippen molar-refractivity contribution in [2.75, 3.05) is 23.7 Å². The van der Waals surface area contributed by atoms with Crippen molar-refractivity contribution in [2.24, 2.45) is 17.8 Å². The van der Waals surface area contributed by atoms with Gasteiger partial charge in [-0.1, -0.05) is 39.0 Å². The van der Waals surface area contributed by atoms with Crippen LogP contribution < -0.4 is 4.90 Å². The van der Waals surface area contributed by atoms with Gasteiger partial charge in [-0.25, -0.2) is 0 Å². The Morgan fingerprint density at radius 3 is 2.72 bits per heavy atom. The molecule has 0 fully saturated rings. The number of thiol groups is 1. The number of para-hydroxylation sites is 1. The van der Waals surface area contributed by atoms with E-state index >= 15 is 0 Å². The molecule has 18 heavy (non-hydrogen) atoms. The number of anilines is 1. The van der Waals surface area contributed by atoms with E-state index in [2.05, 4.69) is 62.6 Å². The summed E-state index contributed by atoms with van der Waals surface area (Å²) in [5, 5.41) is 0. The summed E-state index contributed by atoms with van der Waals surface area (Å²) < 4.78 is 0. The van der Waals surface area contributed by atoms with Crippen LogP contribution in [0.15, 0.2) is 24.3 Å². The molecule has 2 heteroatoms. The Labute approximate surface area is 117 Å². The minimum absolute atomic E-state index is 0.673. The van der Waals surface area contributed by atoms with Gasteiger partial charge >= 0.3 is 0 Å². The second-order valence-electron chi connectivity index (χ2n) is 6.03. The quantitative estimate of drug-likeness (QED) is 0.807. The van der Waals surface area contributed by atoms with E-state index in [-0.39, 0.29) is 0 Å². The Morgan fingerprint density at radius 1 is 1.33 bits per heavy atom. The summed E-state index contributed by atoms with van der Waals surface area (Å²) in [6, 6.07) is 8.88. The van der Waals surface area contributed by atoms with Crippen LogP contribution >= 0.6 is 12.6 Å². The minimum atomic E-state index is 0.673.